The normalized spacial score (nSPS) is 10.7. The minimum atomic E-state index is -0.314. The molecule has 0 saturated heterocycles. The zero-order valence-corrected chi connectivity index (χ0v) is 12.3. The molecule has 0 aliphatic heterocycles. The second-order valence-corrected chi connectivity index (χ2v) is 5.30. The molecule has 0 fully saturated rings. The number of aryl methyl sites for hydroxylation is 1. The van der Waals surface area contributed by atoms with Crippen molar-refractivity contribution in [3.05, 3.63) is 58.4 Å². The lowest BCUT2D eigenvalue weighted by atomic mass is 10.2. The fourth-order valence-corrected chi connectivity index (χ4v) is 2.38. The molecule has 0 atom stereocenters. The van der Waals surface area contributed by atoms with Gasteiger partial charge in [-0.25, -0.2) is 4.98 Å². The first-order valence-corrected chi connectivity index (χ1v) is 6.85. The Kier molecular flexibility index (Phi) is 3.28. The topological polar surface area (TPSA) is 55.1 Å². The van der Waals surface area contributed by atoms with Crippen molar-refractivity contribution < 1.29 is 9.21 Å². The highest BCUT2D eigenvalue weighted by atomic mass is 79.9. The molecule has 4 nitrogen and oxygen atoms in total. The number of amides is 1. The summed E-state index contributed by atoms with van der Waals surface area (Å²) in [6, 6.07) is 11.0. The molecular weight excluding hydrogens is 320 g/mol. The van der Waals surface area contributed by atoms with Gasteiger partial charge in [0.2, 0.25) is 0 Å². The lowest BCUT2D eigenvalue weighted by Gasteiger charge is -2.02. The van der Waals surface area contributed by atoms with Gasteiger partial charge in [0.05, 0.1) is 4.47 Å². The Labute approximate surface area is 123 Å². The van der Waals surface area contributed by atoms with Crippen LogP contribution in [0.4, 0.5) is 5.82 Å². The van der Waals surface area contributed by atoms with Gasteiger partial charge in [-0.1, -0.05) is 12.1 Å². The van der Waals surface area contributed by atoms with Crippen LogP contribution < -0.4 is 5.32 Å². The molecular formula is C15H11BrN2O2. The van der Waals surface area contributed by atoms with Crippen LogP contribution in [-0.2, 0) is 0 Å². The first-order chi connectivity index (χ1) is 9.63. The minimum Gasteiger partial charge on any atom is -0.450 e. The van der Waals surface area contributed by atoms with Gasteiger partial charge in [-0.2, -0.15) is 0 Å². The summed E-state index contributed by atoms with van der Waals surface area (Å²) in [5.41, 5.74) is 1.69. The molecule has 5 heteroatoms. The molecule has 0 aliphatic rings. The summed E-state index contributed by atoms with van der Waals surface area (Å²) in [4.78, 5) is 16.2. The van der Waals surface area contributed by atoms with Gasteiger partial charge in [0.1, 0.15) is 11.4 Å². The number of carbonyl (C=O) groups is 1. The summed E-state index contributed by atoms with van der Waals surface area (Å²) in [6.07, 6.45) is 1.65. The highest BCUT2D eigenvalue weighted by Gasteiger charge is 2.14. The average molecular weight is 331 g/mol. The lowest BCUT2D eigenvalue weighted by molar-refractivity contribution is 0.0998. The number of para-hydroxylation sites is 1. The van der Waals surface area contributed by atoms with Crippen LogP contribution >= 0.6 is 15.9 Å². The monoisotopic (exact) mass is 330 g/mol. The molecule has 100 valence electrons. The Hall–Kier alpha value is -2.14. The lowest BCUT2D eigenvalue weighted by Crippen LogP contribution is -2.11. The van der Waals surface area contributed by atoms with E-state index in [2.05, 4.69) is 26.2 Å². The van der Waals surface area contributed by atoms with Crippen LogP contribution in [0.1, 0.15) is 16.1 Å². The van der Waals surface area contributed by atoms with E-state index < -0.39 is 0 Å². The predicted octanol–water partition coefficient (Wildman–Crippen LogP) is 4.15. The maximum Gasteiger partial charge on any atom is 0.292 e. The number of hydrogen-bond acceptors (Lipinski definition) is 3. The van der Waals surface area contributed by atoms with Crippen LogP contribution in [0.3, 0.4) is 0 Å². The Balaban J connectivity index is 1.91. The van der Waals surface area contributed by atoms with Gasteiger partial charge in [0.15, 0.2) is 5.76 Å². The number of pyridine rings is 1. The number of benzene rings is 1. The Morgan fingerprint density at radius 3 is 2.90 bits per heavy atom. The first kappa shape index (κ1) is 12.9. The molecule has 2 heterocycles. The molecule has 0 radical (unpaired) electrons. The maximum atomic E-state index is 12.1. The van der Waals surface area contributed by atoms with Crippen molar-refractivity contribution in [1.82, 2.24) is 4.98 Å². The Morgan fingerprint density at radius 2 is 2.15 bits per heavy atom. The number of fused-ring (bicyclic) bond motifs is 1. The van der Waals surface area contributed by atoms with Crippen molar-refractivity contribution in [3.63, 3.8) is 0 Å². The predicted molar refractivity (Wildman–Crippen MR) is 80.8 cm³/mol. The van der Waals surface area contributed by atoms with E-state index in [0.29, 0.717) is 11.4 Å². The molecule has 0 aliphatic carbocycles. The average Bonchev–Trinajstić information content (AvgIpc) is 2.84. The highest BCUT2D eigenvalue weighted by molar-refractivity contribution is 9.10. The van der Waals surface area contributed by atoms with E-state index in [0.717, 1.165) is 15.4 Å². The third kappa shape index (κ3) is 2.44. The summed E-state index contributed by atoms with van der Waals surface area (Å²) in [5, 5.41) is 3.60. The van der Waals surface area contributed by atoms with Crippen molar-refractivity contribution in [2.45, 2.75) is 6.92 Å². The van der Waals surface area contributed by atoms with Crippen LogP contribution in [-0.4, -0.2) is 10.9 Å². The van der Waals surface area contributed by atoms with Crippen molar-refractivity contribution >= 4 is 38.6 Å². The first-order valence-electron chi connectivity index (χ1n) is 6.05. The zero-order chi connectivity index (χ0) is 14.1. The molecule has 1 amide bonds. The number of rotatable bonds is 2. The number of carbonyl (C=O) groups excluding carboxylic acids is 1. The number of anilines is 1. The minimum absolute atomic E-state index is 0.259. The summed E-state index contributed by atoms with van der Waals surface area (Å²) in [5.74, 6) is 0.455. The van der Waals surface area contributed by atoms with Gasteiger partial charge in [0, 0.05) is 11.6 Å². The van der Waals surface area contributed by atoms with Crippen LogP contribution in [0.2, 0.25) is 0 Å². The smallest absolute Gasteiger partial charge is 0.292 e. The van der Waals surface area contributed by atoms with Gasteiger partial charge in [0.25, 0.3) is 5.91 Å². The van der Waals surface area contributed by atoms with Gasteiger partial charge < -0.3 is 9.73 Å². The summed E-state index contributed by atoms with van der Waals surface area (Å²) < 4.78 is 6.40. The fourth-order valence-electron chi connectivity index (χ4n) is 1.92. The van der Waals surface area contributed by atoms with E-state index >= 15 is 0 Å². The Bertz CT molecular complexity index is 795. The van der Waals surface area contributed by atoms with Gasteiger partial charge in [-0.3, -0.25) is 4.79 Å². The van der Waals surface area contributed by atoms with Crippen molar-refractivity contribution in [2.24, 2.45) is 0 Å². The van der Waals surface area contributed by atoms with E-state index in [1.165, 1.54) is 0 Å². The van der Waals surface area contributed by atoms with Crippen molar-refractivity contribution in [3.8, 4) is 0 Å². The third-order valence-corrected chi connectivity index (χ3v) is 3.50. The van der Waals surface area contributed by atoms with Gasteiger partial charge >= 0.3 is 0 Å². The molecule has 20 heavy (non-hydrogen) atoms. The van der Waals surface area contributed by atoms with Crippen molar-refractivity contribution in [2.75, 3.05) is 5.32 Å². The second kappa shape index (κ2) is 5.09. The molecule has 0 unspecified atom stereocenters. The van der Waals surface area contributed by atoms with E-state index in [9.17, 15) is 4.79 Å². The number of aromatic nitrogens is 1. The molecule has 0 spiro atoms. The SMILES string of the molecule is Cc1ccnc(NC(=O)c2cc3cccc(Br)c3o2)c1. The largest absolute Gasteiger partial charge is 0.450 e. The van der Waals surface area contributed by atoms with E-state index in [4.69, 9.17) is 4.42 Å². The number of furan rings is 1. The summed E-state index contributed by atoms with van der Waals surface area (Å²) in [7, 11) is 0. The standard InChI is InChI=1S/C15H11BrN2O2/c1-9-5-6-17-13(7-9)18-15(19)12-8-10-3-2-4-11(16)14(10)20-12/h2-8H,1H3,(H,17,18,19). The quantitative estimate of drug-likeness (QED) is 0.767. The molecule has 1 aromatic carbocycles. The number of halogens is 1. The summed E-state index contributed by atoms with van der Waals surface area (Å²) >= 11 is 3.40. The van der Waals surface area contributed by atoms with Gasteiger partial charge in [-0.15, -0.1) is 0 Å². The molecule has 3 aromatic rings. The van der Waals surface area contributed by atoms with Crippen molar-refractivity contribution in [1.29, 1.82) is 0 Å². The van der Waals surface area contributed by atoms with Crippen LogP contribution in [0, 0.1) is 6.92 Å². The molecule has 0 bridgehead atoms. The highest BCUT2D eigenvalue weighted by Crippen LogP contribution is 2.27. The van der Waals surface area contributed by atoms with Crippen LogP contribution in [0.25, 0.3) is 11.0 Å². The zero-order valence-electron chi connectivity index (χ0n) is 10.7. The molecule has 1 N–H and O–H groups in total. The summed E-state index contributed by atoms with van der Waals surface area (Å²) in [6.45, 7) is 1.94. The van der Waals surface area contributed by atoms with E-state index in [1.807, 2.05) is 31.2 Å². The van der Waals surface area contributed by atoms with E-state index in [-0.39, 0.29) is 11.7 Å². The van der Waals surface area contributed by atoms with E-state index in [1.54, 1.807) is 18.3 Å². The van der Waals surface area contributed by atoms with Crippen LogP contribution in [0.5, 0.6) is 0 Å². The molecule has 3 rings (SSSR count). The third-order valence-electron chi connectivity index (χ3n) is 2.88. The van der Waals surface area contributed by atoms with Crippen LogP contribution in [0.15, 0.2) is 51.5 Å². The number of nitrogens with zero attached hydrogens (tertiary/aromatic N) is 1. The molecule has 2 aromatic heterocycles. The number of hydrogen-bond donors (Lipinski definition) is 1. The fraction of sp³-hybridized carbons (Fsp3) is 0.0667. The van der Waals surface area contributed by atoms with Gasteiger partial charge in [-0.05, 0) is 52.7 Å². The number of nitrogens with one attached hydrogen (secondary N) is 1. The second-order valence-electron chi connectivity index (χ2n) is 4.44. The Morgan fingerprint density at radius 1 is 1.30 bits per heavy atom. The maximum absolute atomic E-state index is 12.1. The molecule has 0 saturated carbocycles.